The molecule has 0 unspecified atom stereocenters. The minimum Gasteiger partial charge on any atom is -0.368 e. The van der Waals surface area contributed by atoms with Gasteiger partial charge in [-0.15, -0.1) is 11.3 Å². The van der Waals surface area contributed by atoms with Gasteiger partial charge in [0, 0.05) is 17.5 Å². The summed E-state index contributed by atoms with van der Waals surface area (Å²) in [6, 6.07) is 8.48. The summed E-state index contributed by atoms with van der Waals surface area (Å²) >= 11 is 4.76. The average molecular weight is 396 g/mol. The van der Waals surface area contributed by atoms with E-state index < -0.39 is 5.91 Å². The molecule has 0 aliphatic rings. The third kappa shape index (κ3) is 5.19. The number of nitrogens with two attached hydrogens (primary N) is 1. The second-order valence-corrected chi connectivity index (χ2v) is 6.96. The lowest BCUT2D eigenvalue weighted by Gasteiger charge is -2.06. The minimum atomic E-state index is -0.599. The van der Waals surface area contributed by atoms with E-state index in [0.29, 0.717) is 17.7 Å². The molecule has 23 heavy (non-hydrogen) atoms. The van der Waals surface area contributed by atoms with Gasteiger partial charge in [-0.1, -0.05) is 12.1 Å². The fourth-order valence-electron chi connectivity index (χ4n) is 1.76. The Morgan fingerprint density at radius 3 is 2.26 bits per heavy atom. The van der Waals surface area contributed by atoms with Gasteiger partial charge in [0.05, 0.1) is 15.9 Å². The van der Waals surface area contributed by atoms with Crippen LogP contribution in [0.2, 0.25) is 0 Å². The third-order valence-corrected chi connectivity index (χ3v) is 4.43. The van der Waals surface area contributed by atoms with Gasteiger partial charge in [-0.2, -0.15) is 0 Å². The van der Waals surface area contributed by atoms with Crippen molar-refractivity contribution in [3.8, 4) is 0 Å². The molecule has 2 aromatic rings. The van der Waals surface area contributed by atoms with Crippen LogP contribution in [-0.4, -0.2) is 24.3 Å². The maximum atomic E-state index is 11.9. The van der Waals surface area contributed by atoms with E-state index in [1.54, 1.807) is 35.7 Å². The largest absolute Gasteiger partial charge is 0.368 e. The average Bonchev–Trinajstić information content (AvgIpc) is 2.97. The zero-order chi connectivity index (χ0) is 16.8. The Labute approximate surface area is 145 Å². The normalized spacial score (nSPS) is 10.1. The number of hydrogen-bond donors (Lipinski definition) is 3. The maximum Gasteiger partial charge on any atom is 0.252 e. The zero-order valence-corrected chi connectivity index (χ0v) is 14.4. The fraction of sp³-hybridized carbons (Fsp3) is 0.133. The summed E-state index contributed by atoms with van der Waals surface area (Å²) < 4.78 is 0.897. The predicted octanol–water partition coefficient (Wildman–Crippen LogP) is 1.66. The predicted molar refractivity (Wildman–Crippen MR) is 91.2 cm³/mol. The molecule has 3 amide bonds. The van der Waals surface area contributed by atoms with Crippen molar-refractivity contribution < 1.29 is 14.4 Å². The topological polar surface area (TPSA) is 101 Å². The number of carbonyl (C=O) groups is 3. The van der Waals surface area contributed by atoms with Crippen LogP contribution in [0.5, 0.6) is 0 Å². The molecular weight excluding hydrogens is 382 g/mol. The highest BCUT2D eigenvalue weighted by molar-refractivity contribution is 9.11. The molecule has 0 saturated carbocycles. The Balaban J connectivity index is 1.88. The molecular formula is C15H14BrN3O3S. The number of amides is 3. The van der Waals surface area contributed by atoms with Crippen molar-refractivity contribution in [2.24, 2.45) is 5.73 Å². The quantitative estimate of drug-likeness (QED) is 0.692. The summed E-state index contributed by atoms with van der Waals surface area (Å²) in [4.78, 5) is 34.3. The summed E-state index contributed by atoms with van der Waals surface area (Å²) in [5, 5.41) is 6.98. The number of thiophene rings is 1. The minimum absolute atomic E-state index is 0.157. The van der Waals surface area contributed by atoms with Gasteiger partial charge in [-0.3, -0.25) is 14.4 Å². The van der Waals surface area contributed by atoms with E-state index in [1.807, 2.05) is 0 Å². The summed E-state index contributed by atoms with van der Waals surface area (Å²) in [6.45, 7) is 0.155. The molecule has 4 N–H and O–H groups in total. The molecule has 0 aliphatic heterocycles. The highest BCUT2D eigenvalue weighted by atomic mass is 79.9. The molecule has 0 aliphatic carbocycles. The Morgan fingerprint density at radius 1 is 1.04 bits per heavy atom. The van der Waals surface area contributed by atoms with E-state index >= 15 is 0 Å². The monoisotopic (exact) mass is 395 g/mol. The molecule has 0 fully saturated rings. The third-order valence-electron chi connectivity index (χ3n) is 2.92. The molecule has 8 heteroatoms. The maximum absolute atomic E-state index is 11.9. The van der Waals surface area contributed by atoms with Crippen molar-refractivity contribution in [2.75, 3.05) is 6.54 Å². The number of carbonyl (C=O) groups excluding carboxylic acids is 3. The Hall–Kier alpha value is -2.19. The number of hydrogen-bond acceptors (Lipinski definition) is 4. The van der Waals surface area contributed by atoms with E-state index in [0.717, 1.165) is 9.35 Å². The van der Waals surface area contributed by atoms with E-state index in [-0.39, 0.29) is 18.4 Å². The van der Waals surface area contributed by atoms with Gasteiger partial charge in [0.2, 0.25) is 5.91 Å². The molecule has 0 radical (unpaired) electrons. The fourth-order valence-corrected chi connectivity index (χ4v) is 2.89. The zero-order valence-electron chi connectivity index (χ0n) is 12.0. The molecule has 2 rings (SSSR count). The summed E-state index contributed by atoms with van der Waals surface area (Å²) in [6.07, 6.45) is 0. The van der Waals surface area contributed by atoms with Crippen LogP contribution >= 0.6 is 27.3 Å². The van der Waals surface area contributed by atoms with Gasteiger partial charge in [0.15, 0.2) is 0 Å². The van der Waals surface area contributed by atoms with Gasteiger partial charge in [0.25, 0.3) is 11.8 Å². The van der Waals surface area contributed by atoms with Crippen LogP contribution in [0, 0.1) is 0 Å². The van der Waals surface area contributed by atoms with Crippen molar-refractivity contribution in [2.45, 2.75) is 6.54 Å². The molecule has 0 bridgehead atoms. The highest BCUT2D eigenvalue weighted by Crippen LogP contribution is 2.20. The van der Waals surface area contributed by atoms with Crippen LogP contribution in [0.1, 0.15) is 26.3 Å². The second-order valence-electron chi connectivity index (χ2n) is 4.67. The van der Waals surface area contributed by atoms with E-state index in [4.69, 9.17) is 5.73 Å². The number of nitrogens with one attached hydrogen (secondary N) is 2. The van der Waals surface area contributed by atoms with Gasteiger partial charge < -0.3 is 16.4 Å². The Kier molecular flexibility index (Phi) is 5.89. The first kappa shape index (κ1) is 17.2. The first-order chi connectivity index (χ1) is 11.0. The summed E-state index contributed by atoms with van der Waals surface area (Å²) in [5.41, 5.74) is 6.85. The second kappa shape index (κ2) is 7.89. The number of halogens is 1. The number of primary amides is 1. The van der Waals surface area contributed by atoms with Crippen molar-refractivity contribution in [1.29, 1.82) is 0 Å². The van der Waals surface area contributed by atoms with Crippen molar-refractivity contribution in [1.82, 2.24) is 10.6 Å². The SMILES string of the molecule is NC(=O)CNC(=O)c1ccc(CNC(=O)c2csc(Br)c2)cc1. The van der Waals surface area contributed by atoms with Gasteiger partial charge in [-0.05, 0) is 39.7 Å². The smallest absolute Gasteiger partial charge is 0.252 e. The molecule has 1 aromatic heterocycles. The van der Waals surface area contributed by atoms with E-state index in [2.05, 4.69) is 26.6 Å². The van der Waals surface area contributed by atoms with Gasteiger partial charge >= 0.3 is 0 Å². The molecule has 0 spiro atoms. The molecule has 120 valence electrons. The lowest BCUT2D eigenvalue weighted by molar-refractivity contribution is -0.117. The molecule has 6 nitrogen and oxygen atoms in total. The van der Waals surface area contributed by atoms with Crippen LogP contribution in [0.3, 0.4) is 0 Å². The van der Waals surface area contributed by atoms with E-state index in [9.17, 15) is 14.4 Å². The van der Waals surface area contributed by atoms with Crippen molar-refractivity contribution in [3.63, 3.8) is 0 Å². The standard InChI is InChI=1S/C15H14BrN3O3S/c16-12-5-11(8-23-12)15(22)18-6-9-1-3-10(4-2-9)14(21)19-7-13(17)20/h1-5,8H,6-7H2,(H2,17,20)(H,18,22)(H,19,21). The van der Waals surface area contributed by atoms with Crippen molar-refractivity contribution >= 4 is 45.0 Å². The van der Waals surface area contributed by atoms with Crippen LogP contribution < -0.4 is 16.4 Å². The molecule has 0 saturated heterocycles. The molecule has 0 atom stereocenters. The van der Waals surface area contributed by atoms with Gasteiger partial charge in [-0.25, -0.2) is 0 Å². The first-order valence-electron chi connectivity index (χ1n) is 6.63. The highest BCUT2D eigenvalue weighted by Gasteiger charge is 2.09. The first-order valence-corrected chi connectivity index (χ1v) is 8.30. The lowest BCUT2D eigenvalue weighted by Crippen LogP contribution is -2.33. The number of benzene rings is 1. The van der Waals surface area contributed by atoms with Crippen LogP contribution in [-0.2, 0) is 11.3 Å². The van der Waals surface area contributed by atoms with Crippen molar-refractivity contribution in [3.05, 3.63) is 56.2 Å². The Morgan fingerprint density at radius 2 is 1.70 bits per heavy atom. The summed E-state index contributed by atoms with van der Waals surface area (Å²) in [5.74, 6) is -1.13. The van der Waals surface area contributed by atoms with Crippen LogP contribution in [0.4, 0.5) is 0 Å². The number of rotatable bonds is 6. The van der Waals surface area contributed by atoms with E-state index in [1.165, 1.54) is 11.3 Å². The van der Waals surface area contributed by atoms with Crippen LogP contribution in [0.25, 0.3) is 0 Å². The lowest BCUT2D eigenvalue weighted by atomic mass is 10.1. The van der Waals surface area contributed by atoms with Crippen LogP contribution in [0.15, 0.2) is 39.5 Å². The Bertz CT molecular complexity index is 728. The summed E-state index contributed by atoms with van der Waals surface area (Å²) in [7, 11) is 0. The van der Waals surface area contributed by atoms with Gasteiger partial charge in [0.1, 0.15) is 0 Å². The molecule has 1 heterocycles. The molecule has 1 aromatic carbocycles.